The van der Waals surface area contributed by atoms with Crippen molar-refractivity contribution in [2.24, 2.45) is 10.7 Å². The number of nitro benzene ring substituents is 1. The zero-order valence-electron chi connectivity index (χ0n) is 12.9. The highest BCUT2D eigenvalue weighted by Gasteiger charge is 2.16. The largest absolute Gasteiger partial charge is 0.364 e. The molecule has 130 valence electrons. The van der Waals surface area contributed by atoms with Crippen LogP contribution in [-0.2, 0) is 0 Å². The van der Waals surface area contributed by atoms with E-state index in [9.17, 15) is 19.3 Å². The number of hydrogen-bond acceptors (Lipinski definition) is 6. The van der Waals surface area contributed by atoms with Crippen molar-refractivity contribution in [2.75, 3.05) is 0 Å². The molecule has 2 aromatic carbocycles. The van der Waals surface area contributed by atoms with Crippen LogP contribution in [-0.4, -0.2) is 27.2 Å². The highest BCUT2D eigenvalue weighted by Crippen LogP contribution is 2.30. The van der Waals surface area contributed by atoms with E-state index in [1.54, 1.807) is 0 Å². The molecule has 0 spiro atoms. The molecule has 0 fully saturated rings. The van der Waals surface area contributed by atoms with Gasteiger partial charge in [0.05, 0.1) is 15.5 Å². The van der Waals surface area contributed by atoms with Gasteiger partial charge in [-0.05, 0) is 29.8 Å². The van der Waals surface area contributed by atoms with E-state index in [1.807, 2.05) is 0 Å². The highest BCUT2D eigenvalue weighted by molar-refractivity contribution is 6.31. The van der Waals surface area contributed by atoms with Gasteiger partial charge in [0.1, 0.15) is 11.5 Å². The number of halogens is 2. The molecule has 0 saturated heterocycles. The third-order valence-corrected chi connectivity index (χ3v) is 3.75. The number of aromatic nitrogens is 2. The average Bonchev–Trinajstić information content (AvgIpc) is 2.61. The van der Waals surface area contributed by atoms with Crippen molar-refractivity contribution in [3.8, 4) is 0 Å². The number of amides is 1. The topological polar surface area (TPSA) is 124 Å². The summed E-state index contributed by atoms with van der Waals surface area (Å²) in [5.41, 5.74) is 5.75. The summed E-state index contributed by atoms with van der Waals surface area (Å²) in [4.78, 5) is 25.9. The summed E-state index contributed by atoms with van der Waals surface area (Å²) in [6.45, 7) is 0. The normalized spacial score (nSPS) is 11.2. The lowest BCUT2D eigenvalue weighted by atomic mass is 10.1. The van der Waals surface area contributed by atoms with Gasteiger partial charge in [-0.25, -0.2) is 4.39 Å². The van der Waals surface area contributed by atoms with E-state index < -0.39 is 16.6 Å². The van der Waals surface area contributed by atoms with Crippen molar-refractivity contribution < 1.29 is 14.1 Å². The molecule has 0 radical (unpaired) electrons. The van der Waals surface area contributed by atoms with Crippen molar-refractivity contribution in [3.63, 3.8) is 0 Å². The predicted molar refractivity (Wildman–Crippen MR) is 93.4 cm³/mol. The number of fused-ring (bicyclic) bond motifs is 1. The number of rotatable bonds is 4. The Morgan fingerprint density at radius 1 is 1.27 bits per heavy atom. The van der Waals surface area contributed by atoms with Gasteiger partial charge in [0.25, 0.3) is 11.6 Å². The van der Waals surface area contributed by atoms with E-state index >= 15 is 0 Å². The van der Waals surface area contributed by atoms with E-state index in [4.69, 9.17) is 17.3 Å². The Balaban J connectivity index is 2.12. The molecule has 1 amide bonds. The van der Waals surface area contributed by atoms with Crippen LogP contribution >= 0.6 is 11.6 Å². The number of nitrogens with two attached hydrogens (primary N) is 1. The molecule has 1 heterocycles. The molecule has 0 bridgehead atoms. The van der Waals surface area contributed by atoms with Crippen molar-refractivity contribution >= 4 is 46.0 Å². The van der Waals surface area contributed by atoms with Gasteiger partial charge < -0.3 is 5.73 Å². The third kappa shape index (κ3) is 3.33. The Hall–Kier alpha value is -3.46. The van der Waals surface area contributed by atoms with Crippen molar-refractivity contribution in [1.29, 1.82) is 0 Å². The molecule has 0 aliphatic heterocycles. The van der Waals surface area contributed by atoms with Crippen LogP contribution in [0.2, 0.25) is 5.02 Å². The molecule has 2 N–H and O–H groups in total. The Morgan fingerprint density at radius 3 is 2.58 bits per heavy atom. The minimum atomic E-state index is -0.884. The first-order chi connectivity index (χ1) is 12.4. The maximum Gasteiger partial charge on any atom is 0.271 e. The Morgan fingerprint density at radius 2 is 1.96 bits per heavy atom. The van der Waals surface area contributed by atoms with Gasteiger partial charge in [-0.3, -0.25) is 19.9 Å². The van der Waals surface area contributed by atoms with Crippen LogP contribution in [0.4, 0.5) is 15.8 Å². The number of benzene rings is 2. The molecule has 3 aromatic rings. The van der Waals surface area contributed by atoms with Crippen LogP contribution in [0.3, 0.4) is 0 Å². The van der Waals surface area contributed by atoms with E-state index in [2.05, 4.69) is 15.2 Å². The van der Waals surface area contributed by atoms with Gasteiger partial charge in [-0.15, -0.1) is 10.2 Å². The number of aliphatic imine (C=N–C) groups is 1. The first kappa shape index (κ1) is 17.4. The van der Waals surface area contributed by atoms with Gasteiger partial charge >= 0.3 is 0 Å². The highest BCUT2D eigenvalue weighted by atomic mass is 35.5. The maximum absolute atomic E-state index is 13.8. The molecule has 10 heteroatoms. The molecular formula is C16H9ClFN5O3. The van der Waals surface area contributed by atoms with Gasteiger partial charge in [0.15, 0.2) is 5.69 Å². The van der Waals surface area contributed by atoms with Crippen molar-refractivity contribution in [1.82, 2.24) is 10.2 Å². The SMILES string of the molecule is NC(=O)c1nnc2cc(Cl)c(F)cc2c1N=Cc1ccc([N+](=O)[O-])cc1. The fourth-order valence-corrected chi connectivity index (χ4v) is 2.36. The van der Waals surface area contributed by atoms with E-state index in [-0.39, 0.29) is 33.0 Å². The molecule has 8 nitrogen and oxygen atoms in total. The van der Waals surface area contributed by atoms with Gasteiger partial charge in [0, 0.05) is 23.7 Å². The average molecular weight is 374 g/mol. The summed E-state index contributed by atoms with van der Waals surface area (Å²) in [6, 6.07) is 7.90. The molecule has 0 unspecified atom stereocenters. The van der Waals surface area contributed by atoms with Crippen LogP contribution < -0.4 is 5.73 Å². The lowest BCUT2D eigenvalue weighted by molar-refractivity contribution is -0.384. The summed E-state index contributed by atoms with van der Waals surface area (Å²) < 4.78 is 13.8. The number of non-ortho nitro benzene ring substituents is 1. The first-order valence-electron chi connectivity index (χ1n) is 7.10. The van der Waals surface area contributed by atoms with Gasteiger partial charge in [-0.2, -0.15) is 0 Å². The van der Waals surface area contributed by atoms with Crippen LogP contribution in [0.1, 0.15) is 16.1 Å². The van der Waals surface area contributed by atoms with Crippen LogP contribution in [0, 0.1) is 15.9 Å². The zero-order chi connectivity index (χ0) is 18.8. The number of hydrogen-bond donors (Lipinski definition) is 1. The fraction of sp³-hybridized carbons (Fsp3) is 0. The predicted octanol–water partition coefficient (Wildman–Crippen LogP) is 3.18. The molecule has 0 aliphatic rings. The van der Waals surface area contributed by atoms with E-state index in [0.717, 1.165) is 6.07 Å². The molecule has 3 rings (SSSR count). The number of nitrogens with zero attached hydrogens (tertiary/aromatic N) is 4. The number of nitro groups is 1. The number of primary amides is 1. The summed E-state index contributed by atoms with van der Waals surface area (Å²) >= 11 is 5.73. The molecular weight excluding hydrogens is 365 g/mol. The van der Waals surface area contributed by atoms with Crippen molar-refractivity contribution in [2.45, 2.75) is 0 Å². The van der Waals surface area contributed by atoms with Crippen LogP contribution in [0.25, 0.3) is 10.9 Å². The third-order valence-electron chi connectivity index (χ3n) is 3.46. The standard InChI is InChI=1S/C16H9ClFN5O3/c17-11-6-13-10(5-12(11)18)14(15(16(19)24)22-21-13)20-7-8-1-3-9(4-2-8)23(25)26/h1-7H,(H2,19,24). The van der Waals surface area contributed by atoms with Crippen LogP contribution in [0.15, 0.2) is 41.4 Å². The molecule has 0 saturated carbocycles. The smallest absolute Gasteiger partial charge is 0.271 e. The summed E-state index contributed by atoms with van der Waals surface area (Å²) in [5, 5.41) is 18.2. The summed E-state index contributed by atoms with van der Waals surface area (Å²) in [5.74, 6) is -1.60. The second kappa shape index (κ2) is 6.81. The lowest BCUT2D eigenvalue weighted by Gasteiger charge is -2.06. The minimum absolute atomic E-state index is 0.0245. The number of carbonyl (C=O) groups excluding carboxylic acids is 1. The van der Waals surface area contributed by atoms with Gasteiger partial charge in [-0.1, -0.05) is 11.6 Å². The molecule has 0 aliphatic carbocycles. The second-order valence-electron chi connectivity index (χ2n) is 5.15. The Bertz CT molecular complexity index is 1070. The summed E-state index contributed by atoms with van der Waals surface area (Å²) in [7, 11) is 0. The molecule has 0 atom stereocenters. The zero-order valence-corrected chi connectivity index (χ0v) is 13.6. The number of carbonyl (C=O) groups is 1. The quantitative estimate of drug-likeness (QED) is 0.427. The molecule has 1 aromatic heterocycles. The van der Waals surface area contributed by atoms with Gasteiger partial charge in [0.2, 0.25) is 0 Å². The second-order valence-corrected chi connectivity index (χ2v) is 5.56. The monoisotopic (exact) mass is 373 g/mol. The molecule has 26 heavy (non-hydrogen) atoms. The van der Waals surface area contributed by atoms with E-state index in [1.165, 1.54) is 36.5 Å². The Kier molecular flexibility index (Phi) is 4.55. The minimum Gasteiger partial charge on any atom is -0.364 e. The fourth-order valence-electron chi connectivity index (χ4n) is 2.21. The Labute approximate surface area is 150 Å². The maximum atomic E-state index is 13.8. The summed E-state index contributed by atoms with van der Waals surface area (Å²) in [6.07, 6.45) is 1.35. The lowest BCUT2D eigenvalue weighted by Crippen LogP contribution is -2.14. The van der Waals surface area contributed by atoms with E-state index in [0.29, 0.717) is 5.56 Å². The van der Waals surface area contributed by atoms with Crippen LogP contribution in [0.5, 0.6) is 0 Å². The van der Waals surface area contributed by atoms with Crippen molar-refractivity contribution in [3.05, 3.63) is 68.6 Å². The first-order valence-corrected chi connectivity index (χ1v) is 7.48.